The molecule has 0 unspecified atom stereocenters. The van der Waals surface area contributed by atoms with E-state index < -0.39 is 0 Å². The van der Waals surface area contributed by atoms with Gasteiger partial charge < -0.3 is 14.5 Å². The van der Waals surface area contributed by atoms with Crippen LogP contribution >= 0.6 is 0 Å². The van der Waals surface area contributed by atoms with Crippen LogP contribution in [0.4, 0.5) is 5.69 Å². The first-order chi connectivity index (χ1) is 13.6. The van der Waals surface area contributed by atoms with Crippen LogP contribution in [0.3, 0.4) is 0 Å². The number of nitrogens with zero attached hydrogens (tertiary/aromatic N) is 3. The zero-order valence-corrected chi connectivity index (χ0v) is 16.4. The van der Waals surface area contributed by atoms with E-state index in [0.29, 0.717) is 50.3 Å². The van der Waals surface area contributed by atoms with Crippen LogP contribution in [0.2, 0.25) is 0 Å². The molecule has 3 aliphatic rings. The number of carbonyl (C=O) groups excluding carboxylic acids is 2. The Kier molecular flexibility index (Phi) is 5.50. The van der Waals surface area contributed by atoms with Gasteiger partial charge in [0.1, 0.15) is 18.0 Å². The summed E-state index contributed by atoms with van der Waals surface area (Å²) < 4.78 is 5.95. The summed E-state index contributed by atoms with van der Waals surface area (Å²) in [7, 11) is 1.94. The van der Waals surface area contributed by atoms with Crippen molar-refractivity contribution >= 4 is 23.5 Å². The molecule has 150 valence electrons. The minimum absolute atomic E-state index is 0.0328. The summed E-state index contributed by atoms with van der Waals surface area (Å²) in [5.74, 6) is 1.47. The van der Waals surface area contributed by atoms with Crippen LogP contribution < -0.4 is 10.1 Å². The third kappa shape index (κ3) is 3.98. The van der Waals surface area contributed by atoms with Crippen LogP contribution in [-0.4, -0.2) is 53.8 Å². The van der Waals surface area contributed by atoms with E-state index in [-0.39, 0.29) is 11.8 Å². The van der Waals surface area contributed by atoms with Crippen LogP contribution in [0.15, 0.2) is 23.2 Å². The van der Waals surface area contributed by atoms with Crippen molar-refractivity contribution in [3.63, 3.8) is 0 Å². The Hall–Kier alpha value is -2.57. The number of rotatable bonds is 6. The van der Waals surface area contributed by atoms with E-state index in [2.05, 4.69) is 10.3 Å². The number of hydrogen-bond acceptors (Lipinski definition) is 5. The summed E-state index contributed by atoms with van der Waals surface area (Å²) in [6.07, 6.45) is 7.18. The molecular weight excluding hydrogens is 356 g/mol. The molecule has 1 aromatic rings. The number of guanidine groups is 1. The maximum atomic E-state index is 12.4. The number of aliphatic imine (C=N–C) groups is 1. The van der Waals surface area contributed by atoms with Gasteiger partial charge in [-0.1, -0.05) is 31.4 Å². The van der Waals surface area contributed by atoms with Crippen molar-refractivity contribution in [2.75, 3.05) is 20.2 Å². The predicted octanol–water partition coefficient (Wildman–Crippen LogP) is 2.57. The zero-order chi connectivity index (χ0) is 19.5. The molecule has 0 spiro atoms. The number of para-hydroxylation sites is 1. The molecule has 2 aliphatic heterocycles. The number of nitrogens with one attached hydrogen (secondary N) is 1. The first-order valence-electron chi connectivity index (χ1n) is 10.3. The highest BCUT2D eigenvalue weighted by atomic mass is 16.5. The Morgan fingerprint density at radius 2 is 2.11 bits per heavy atom. The second kappa shape index (κ2) is 8.20. The SMILES string of the molecule is CN(C(=O)CCCOc1cccc2c1N=C1NC(=O)CN1C2)C1CCCCC1. The molecule has 4 rings (SSSR count). The maximum absolute atomic E-state index is 12.4. The first-order valence-corrected chi connectivity index (χ1v) is 10.3. The highest BCUT2D eigenvalue weighted by Gasteiger charge is 2.30. The van der Waals surface area contributed by atoms with E-state index >= 15 is 0 Å². The van der Waals surface area contributed by atoms with E-state index in [0.717, 1.165) is 24.1 Å². The van der Waals surface area contributed by atoms with E-state index in [9.17, 15) is 9.59 Å². The lowest BCUT2D eigenvalue weighted by atomic mass is 9.94. The topological polar surface area (TPSA) is 74.2 Å². The monoisotopic (exact) mass is 384 g/mol. The Labute approximate surface area is 165 Å². The van der Waals surface area contributed by atoms with E-state index in [1.54, 1.807) is 0 Å². The molecular formula is C21H28N4O3. The van der Waals surface area contributed by atoms with Crippen molar-refractivity contribution in [2.45, 2.75) is 57.5 Å². The predicted molar refractivity (Wildman–Crippen MR) is 106 cm³/mol. The van der Waals surface area contributed by atoms with Gasteiger partial charge >= 0.3 is 0 Å². The maximum Gasteiger partial charge on any atom is 0.246 e. The van der Waals surface area contributed by atoms with Gasteiger partial charge in [-0.2, -0.15) is 0 Å². The van der Waals surface area contributed by atoms with Crippen molar-refractivity contribution in [3.05, 3.63) is 23.8 Å². The number of fused-ring (bicyclic) bond motifs is 2. The van der Waals surface area contributed by atoms with Crippen LogP contribution in [0.1, 0.15) is 50.5 Å². The third-order valence-corrected chi connectivity index (χ3v) is 5.86. The zero-order valence-electron chi connectivity index (χ0n) is 16.4. The lowest BCUT2D eigenvalue weighted by molar-refractivity contribution is -0.132. The second-order valence-corrected chi connectivity index (χ2v) is 7.85. The first kappa shape index (κ1) is 18.8. The van der Waals surface area contributed by atoms with Gasteiger partial charge in [-0.3, -0.25) is 14.9 Å². The van der Waals surface area contributed by atoms with Gasteiger partial charge in [0.2, 0.25) is 17.8 Å². The highest BCUT2D eigenvalue weighted by Crippen LogP contribution is 2.36. The average Bonchev–Trinajstić information content (AvgIpc) is 3.08. The minimum atomic E-state index is -0.0328. The van der Waals surface area contributed by atoms with Crippen molar-refractivity contribution in [3.8, 4) is 5.75 Å². The molecule has 2 fully saturated rings. The number of benzene rings is 1. The third-order valence-electron chi connectivity index (χ3n) is 5.86. The Morgan fingerprint density at radius 3 is 2.93 bits per heavy atom. The number of amides is 2. The molecule has 7 nitrogen and oxygen atoms in total. The highest BCUT2D eigenvalue weighted by molar-refractivity contribution is 6.06. The average molecular weight is 384 g/mol. The molecule has 1 saturated carbocycles. The Balaban J connectivity index is 1.30. The molecule has 0 aromatic heterocycles. The molecule has 1 aromatic carbocycles. The molecule has 1 saturated heterocycles. The van der Waals surface area contributed by atoms with Gasteiger partial charge in [-0.05, 0) is 25.3 Å². The number of ether oxygens (including phenoxy) is 1. The number of hydrogen-bond donors (Lipinski definition) is 1. The summed E-state index contributed by atoms with van der Waals surface area (Å²) in [6, 6.07) is 6.25. The summed E-state index contributed by atoms with van der Waals surface area (Å²) >= 11 is 0. The van der Waals surface area contributed by atoms with Crippen LogP contribution in [0.5, 0.6) is 5.75 Å². The standard InChI is InChI=1S/C21H28N4O3/c1-24(16-8-3-2-4-9-16)19(27)11-6-12-28-17-10-5-7-15-13-25-14-18(26)22-21(25)23-20(15)17/h5,7,10,16H,2-4,6,8-9,11-14H2,1H3,(H,22,23,26). The second-order valence-electron chi connectivity index (χ2n) is 7.85. The fourth-order valence-electron chi connectivity index (χ4n) is 4.23. The van der Waals surface area contributed by atoms with Gasteiger partial charge in [-0.15, -0.1) is 0 Å². The summed E-state index contributed by atoms with van der Waals surface area (Å²) in [5.41, 5.74) is 1.83. The fourth-order valence-corrected chi connectivity index (χ4v) is 4.23. The molecule has 1 aliphatic carbocycles. The van der Waals surface area contributed by atoms with Gasteiger partial charge in [0.15, 0.2) is 0 Å². The molecule has 2 heterocycles. The molecule has 28 heavy (non-hydrogen) atoms. The largest absolute Gasteiger partial charge is 0.491 e. The van der Waals surface area contributed by atoms with Crippen LogP contribution in [0, 0.1) is 0 Å². The normalized spacial score (nSPS) is 18.8. The van der Waals surface area contributed by atoms with Crippen molar-refractivity contribution in [1.82, 2.24) is 15.1 Å². The molecule has 2 amide bonds. The minimum Gasteiger partial charge on any atom is -0.491 e. The van der Waals surface area contributed by atoms with Crippen molar-refractivity contribution in [2.24, 2.45) is 4.99 Å². The number of carbonyl (C=O) groups is 2. The Bertz CT molecular complexity index is 786. The molecule has 1 N–H and O–H groups in total. The summed E-state index contributed by atoms with van der Waals surface area (Å²) in [5, 5.41) is 2.78. The van der Waals surface area contributed by atoms with Crippen LogP contribution in [0.25, 0.3) is 0 Å². The summed E-state index contributed by atoms with van der Waals surface area (Å²) in [6.45, 7) is 1.47. The summed E-state index contributed by atoms with van der Waals surface area (Å²) in [4.78, 5) is 32.5. The molecule has 7 heteroatoms. The lowest BCUT2D eigenvalue weighted by Crippen LogP contribution is -2.38. The van der Waals surface area contributed by atoms with Crippen molar-refractivity contribution < 1.29 is 14.3 Å². The van der Waals surface area contributed by atoms with E-state index in [1.807, 2.05) is 35.0 Å². The van der Waals surface area contributed by atoms with E-state index in [1.165, 1.54) is 19.3 Å². The Morgan fingerprint density at radius 1 is 1.29 bits per heavy atom. The van der Waals surface area contributed by atoms with Gasteiger partial charge in [-0.25, -0.2) is 4.99 Å². The smallest absolute Gasteiger partial charge is 0.246 e. The van der Waals surface area contributed by atoms with E-state index in [4.69, 9.17) is 4.74 Å². The van der Waals surface area contributed by atoms with Crippen molar-refractivity contribution in [1.29, 1.82) is 0 Å². The lowest BCUT2D eigenvalue weighted by Gasteiger charge is -2.31. The van der Waals surface area contributed by atoms with Gasteiger partial charge in [0.05, 0.1) is 6.61 Å². The van der Waals surface area contributed by atoms with Gasteiger partial charge in [0, 0.05) is 31.6 Å². The molecule has 0 radical (unpaired) electrons. The fraction of sp³-hybridized carbons (Fsp3) is 0.571. The quantitative estimate of drug-likeness (QED) is 0.765. The molecule has 0 atom stereocenters. The van der Waals surface area contributed by atoms with Crippen LogP contribution in [-0.2, 0) is 16.1 Å². The molecule has 0 bridgehead atoms. The van der Waals surface area contributed by atoms with Gasteiger partial charge in [0.25, 0.3) is 0 Å².